The highest BCUT2D eigenvalue weighted by Crippen LogP contribution is 2.27. The molecule has 0 atom stereocenters. The van der Waals surface area contributed by atoms with Crippen molar-refractivity contribution in [2.24, 2.45) is 11.1 Å². The monoisotopic (exact) mass is 597 g/mol. The largest absolute Gasteiger partial charge is 0.428 e. The molecule has 0 spiro atoms. The second-order valence-corrected chi connectivity index (χ2v) is 11.5. The fraction of sp³-hybridized carbons (Fsp3) is 0.324. The zero-order chi connectivity index (χ0) is 31.7. The number of nitrogens with two attached hydrogens (primary N) is 1. The lowest BCUT2D eigenvalue weighted by molar-refractivity contribution is -0.173. The maximum atomic E-state index is 12.9. The topological polar surface area (TPSA) is 149 Å². The summed E-state index contributed by atoms with van der Waals surface area (Å²) in [5.41, 5.74) is 9.76. The number of esters is 2. The van der Waals surface area contributed by atoms with Crippen LogP contribution in [0.1, 0.15) is 61.5 Å². The molecule has 0 bridgehead atoms. The number of fused-ring (bicyclic) bond motifs is 1. The number of unbranched alkanes of at least 4 members (excludes halogenated alkanes) is 1. The van der Waals surface area contributed by atoms with E-state index < -0.39 is 24.1 Å². The van der Waals surface area contributed by atoms with Gasteiger partial charge < -0.3 is 25.1 Å². The number of hydrogen-bond donors (Lipinski definition) is 3. The zero-order valence-corrected chi connectivity index (χ0v) is 25.4. The number of amidine groups is 1. The number of nitrogens with one attached hydrogen (secondary N) is 2. The summed E-state index contributed by atoms with van der Waals surface area (Å²) in [6, 6.07) is 23.2. The molecule has 0 unspecified atom stereocenters. The van der Waals surface area contributed by atoms with Crippen molar-refractivity contribution in [1.82, 2.24) is 14.9 Å². The van der Waals surface area contributed by atoms with Crippen LogP contribution in [0, 0.1) is 10.8 Å². The number of aryl methyl sites for hydroxylation is 2. The highest BCUT2D eigenvalue weighted by atomic mass is 16.7. The molecule has 10 nitrogen and oxygen atoms in total. The Morgan fingerprint density at radius 2 is 1.64 bits per heavy atom. The number of amides is 1. The molecule has 0 radical (unpaired) electrons. The molecule has 0 saturated carbocycles. The Bertz CT molecular complexity index is 1620. The summed E-state index contributed by atoms with van der Waals surface area (Å²) in [5, 5.41) is 10.4. The maximum Gasteiger partial charge on any atom is 0.314 e. The second kappa shape index (κ2) is 14.5. The normalized spacial score (nSPS) is 11.2. The Kier molecular flexibility index (Phi) is 10.5. The van der Waals surface area contributed by atoms with Crippen LogP contribution in [0.3, 0.4) is 0 Å². The lowest BCUT2D eigenvalue weighted by atomic mass is 9.98. The van der Waals surface area contributed by atoms with Crippen molar-refractivity contribution in [3.63, 3.8) is 0 Å². The van der Waals surface area contributed by atoms with Crippen LogP contribution in [0.4, 0.5) is 0 Å². The molecule has 4 N–H and O–H groups in total. The van der Waals surface area contributed by atoms with E-state index in [2.05, 4.69) is 22.0 Å². The summed E-state index contributed by atoms with van der Waals surface area (Å²) >= 11 is 0. The van der Waals surface area contributed by atoms with Gasteiger partial charge in [-0.25, -0.2) is 4.98 Å². The SMILES string of the molecule is CC(C)(C)C(=O)OCOC(=O)CCNC(=O)c1ccc2c(c1)nc(-c1ccc(C(=N)N)cc1)n2CCCCc1ccccc1. The van der Waals surface area contributed by atoms with E-state index in [1.165, 1.54) is 5.56 Å². The fourth-order valence-electron chi connectivity index (χ4n) is 4.58. The minimum atomic E-state index is -0.694. The van der Waals surface area contributed by atoms with Crippen molar-refractivity contribution in [2.45, 2.75) is 53.0 Å². The smallest absolute Gasteiger partial charge is 0.314 e. The molecule has 4 rings (SSSR count). The Hall–Kier alpha value is -4.99. The van der Waals surface area contributed by atoms with Crippen LogP contribution in [-0.2, 0) is 32.0 Å². The van der Waals surface area contributed by atoms with Crippen LogP contribution < -0.4 is 11.1 Å². The minimum Gasteiger partial charge on any atom is -0.428 e. The van der Waals surface area contributed by atoms with Crippen molar-refractivity contribution in [3.8, 4) is 11.4 Å². The molecule has 0 fully saturated rings. The van der Waals surface area contributed by atoms with E-state index in [1.807, 2.05) is 36.4 Å². The average Bonchev–Trinajstić information content (AvgIpc) is 3.37. The van der Waals surface area contributed by atoms with Crippen LogP contribution in [0.25, 0.3) is 22.4 Å². The standard InChI is InChI=1S/C34H39N5O5/c1-34(2,3)33(42)44-22-43-29(40)18-19-37-32(41)26-16-17-28-27(21-26)38-31(25-14-12-24(13-15-25)30(35)36)39(28)20-8-7-11-23-9-5-4-6-10-23/h4-6,9-10,12-17,21H,7-8,11,18-20,22H2,1-3H3,(H3,35,36)(H,37,41). The van der Waals surface area contributed by atoms with E-state index in [-0.39, 0.29) is 24.7 Å². The molecule has 0 aliphatic heterocycles. The summed E-state index contributed by atoms with van der Waals surface area (Å²) < 4.78 is 12.0. The van der Waals surface area contributed by atoms with Gasteiger partial charge in [0.1, 0.15) is 11.7 Å². The first-order valence-corrected chi connectivity index (χ1v) is 14.6. The summed E-state index contributed by atoms with van der Waals surface area (Å²) in [6.45, 7) is 5.45. The highest BCUT2D eigenvalue weighted by Gasteiger charge is 2.23. The molecular weight excluding hydrogens is 558 g/mol. The molecule has 1 amide bonds. The summed E-state index contributed by atoms with van der Waals surface area (Å²) in [7, 11) is 0. The van der Waals surface area contributed by atoms with Gasteiger partial charge >= 0.3 is 11.9 Å². The zero-order valence-electron chi connectivity index (χ0n) is 25.4. The Morgan fingerprint density at radius 1 is 0.932 bits per heavy atom. The van der Waals surface area contributed by atoms with Crippen molar-refractivity contribution < 1.29 is 23.9 Å². The van der Waals surface area contributed by atoms with Gasteiger partial charge in [-0.05, 0) is 63.8 Å². The third-order valence-corrected chi connectivity index (χ3v) is 7.04. The van der Waals surface area contributed by atoms with E-state index in [9.17, 15) is 14.4 Å². The predicted molar refractivity (Wildman–Crippen MR) is 169 cm³/mol. The molecule has 4 aromatic rings. The first kappa shape index (κ1) is 31.9. The number of imidazole rings is 1. The maximum absolute atomic E-state index is 12.9. The molecule has 0 aliphatic carbocycles. The number of nitrogen functional groups attached to an aromatic ring is 1. The molecule has 1 heterocycles. The van der Waals surface area contributed by atoms with Crippen LogP contribution in [-0.4, -0.2) is 46.6 Å². The number of ether oxygens (including phenoxy) is 2. The first-order chi connectivity index (χ1) is 21.0. The lowest BCUT2D eigenvalue weighted by Crippen LogP contribution is -2.27. The van der Waals surface area contributed by atoms with Crippen LogP contribution in [0.5, 0.6) is 0 Å². The van der Waals surface area contributed by atoms with E-state index in [1.54, 1.807) is 45.0 Å². The van der Waals surface area contributed by atoms with Gasteiger partial charge in [0.2, 0.25) is 6.79 Å². The van der Waals surface area contributed by atoms with E-state index in [0.717, 1.165) is 42.7 Å². The van der Waals surface area contributed by atoms with E-state index in [0.29, 0.717) is 16.6 Å². The van der Waals surface area contributed by atoms with Gasteiger partial charge in [-0.3, -0.25) is 19.8 Å². The van der Waals surface area contributed by atoms with Crippen LogP contribution in [0.15, 0.2) is 72.8 Å². The van der Waals surface area contributed by atoms with Crippen molar-refractivity contribution >= 4 is 34.7 Å². The lowest BCUT2D eigenvalue weighted by Gasteiger charge is -2.16. The fourth-order valence-corrected chi connectivity index (χ4v) is 4.58. The third-order valence-electron chi connectivity index (χ3n) is 7.04. The van der Waals surface area contributed by atoms with Gasteiger partial charge in [0, 0.05) is 29.8 Å². The van der Waals surface area contributed by atoms with Crippen molar-refractivity contribution in [3.05, 3.63) is 89.5 Å². The predicted octanol–water partition coefficient (Wildman–Crippen LogP) is 5.22. The molecule has 0 aliphatic rings. The van der Waals surface area contributed by atoms with Gasteiger partial charge in [0.05, 0.1) is 22.9 Å². The average molecular weight is 598 g/mol. The van der Waals surface area contributed by atoms with E-state index >= 15 is 0 Å². The van der Waals surface area contributed by atoms with Gasteiger partial charge in [0.15, 0.2) is 0 Å². The summed E-state index contributed by atoms with van der Waals surface area (Å²) in [4.78, 5) is 41.5. The second-order valence-electron chi connectivity index (χ2n) is 11.5. The van der Waals surface area contributed by atoms with Gasteiger partial charge in [0.25, 0.3) is 5.91 Å². The number of carbonyl (C=O) groups is 3. The number of nitrogens with zero attached hydrogens (tertiary/aromatic N) is 2. The molecular formula is C34H39N5O5. The summed E-state index contributed by atoms with van der Waals surface area (Å²) in [6.07, 6.45) is 2.86. The van der Waals surface area contributed by atoms with Crippen molar-refractivity contribution in [2.75, 3.05) is 13.3 Å². The number of aromatic nitrogens is 2. The number of hydrogen-bond acceptors (Lipinski definition) is 7. The number of benzene rings is 3. The molecule has 0 saturated heterocycles. The van der Waals surface area contributed by atoms with Gasteiger partial charge in [-0.2, -0.15) is 0 Å². The van der Waals surface area contributed by atoms with Crippen LogP contribution >= 0.6 is 0 Å². The molecule has 230 valence electrons. The molecule has 44 heavy (non-hydrogen) atoms. The first-order valence-electron chi connectivity index (χ1n) is 14.6. The van der Waals surface area contributed by atoms with E-state index in [4.69, 9.17) is 25.6 Å². The Morgan fingerprint density at radius 3 is 2.32 bits per heavy atom. The highest BCUT2D eigenvalue weighted by molar-refractivity contribution is 5.98. The number of carbonyl (C=O) groups excluding carboxylic acids is 3. The van der Waals surface area contributed by atoms with Crippen LogP contribution in [0.2, 0.25) is 0 Å². The summed E-state index contributed by atoms with van der Waals surface area (Å²) in [5.74, 6) is -0.640. The molecule has 3 aromatic carbocycles. The van der Waals surface area contributed by atoms with Gasteiger partial charge in [-0.1, -0.05) is 54.6 Å². The minimum absolute atomic E-state index is 0.00106. The Labute approximate surface area is 257 Å². The molecule has 1 aromatic heterocycles. The third kappa shape index (κ3) is 8.53. The quantitative estimate of drug-likeness (QED) is 0.0629. The molecule has 10 heteroatoms. The Balaban J connectivity index is 1.42. The number of rotatable bonds is 13. The van der Waals surface area contributed by atoms with Gasteiger partial charge in [-0.15, -0.1) is 0 Å². The van der Waals surface area contributed by atoms with Crippen molar-refractivity contribution in [1.29, 1.82) is 5.41 Å².